The van der Waals surface area contributed by atoms with Gasteiger partial charge in [0.1, 0.15) is 17.2 Å². The second-order valence-corrected chi connectivity index (χ2v) is 7.20. The van der Waals surface area contributed by atoms with E-state index in [-0.39, 0.29) is 18.4 Å². The van der Waals surface area contributed by atoms with Crippen LogP contribution in [-0.2, 0) is 4.79 Å². The average molecular weight is 395 g/mol. The predicted molar refractivity (Wildman–Crippen MR) is 109 cm³/mol. The van der Waals surface area contributed by atoms with Crippen molar-refractivity contribution in [3.05, 3.63) is 54.1 Å². The highest BCUT2D eigenvalue weighted by atomic mass is 19.1. The Hall–Kier alpha value is -3.19. The van der Waals surface area contributed by atoms with E-state index in [4.69, 9.17) is 9.84 Å². The fourth-order valence-electron chi connectivity index (χ4n) is 3.89. The van der Waals surface area contributed by atoms with E-state index in [1.165, 1.54) is 12.1 Å². The lowest BCUT2D eigenvalue weighted by atomic mass is 9.99. The third-order valence-electron chi connectivity index (χ3n) is 5.35. The number of halogens is 1. The maximum atomic E-state index is 13.9. The number of fused-ring (bicyclic) bond motifs is 1. The van der Waals surface area contributed by atoms with Crippen molar-refractivity contribution in [1.82, 2.24) is 14.9 Å². The number of ether oxygens (including phenoxy) is 1. The Morgan fingerprint density at radius 2 is 2.17 bits per heavy atom. The number of carboxylic acids is 1. The van der Waals surface area contributed by atoms with Gasteiger partial charge in [-0.15, -0.1) is 0 Å². The van der Waals surface area contributed by atoms with Crippen molar-refractivity contribution in [3.8, 4) is 16.9 Å². The molecule has 3 heterocycles. The van der Waals surface area contributed by atoms with Crippen molar-refractivity contribution in [2.75, 3.05) is 20.2 Å². The van der Waals surface area contributed by atoms with E-state index in [1.54, 1.807) is 19.4 Å². The summed E-state index contributed by atoms with van der Waals surface area (Å²) in [6.45, 7) is 2.70. The minimum atomic E-state index is -0.822. The molecule has 0 unspecified atom stereocenters. The molecule has 2 N–H and O–H groups in total. The van der Waals surface area contributed by atoms with Crippen LogP contribution in [0.2, 0.25) is 0 Å². The van der Waals surface area contributed by atoms with Crippen LogP contribution >= 0.6 is 0 Å². The first-order chi connectivity index (χ1) is 14.0. The third-order valence-corrected chi connectivity index (χ3v) is 5.35. The highest BCUT2D eigenvalue weighted by Crippen LogP contribution is 2.36. The van der Waals surface area contributed by atoms with E-state index >= 15 is 0 Å². The number of H-pyrrole nitrogens is 1. The predicted octanol–water partition coefficient (Wildman–Crippen LogP) is 3.94. The van der Waals surface area contributed by atoms with E-state index < -0.39 is 5.97 Å². The zero-order valence-electron chi connectivity index (χ0n) is 16.3. The summed E-state index contributed by atoms with van der Waals surface area (Å²) in [5.74, 6) is -0.558. The SMILES string of the molecule is COc1ccc(F)cc1-c1ccnc2[nH]c(C3=C[C@H](C)N(CC(=O)O)CC3)cc12. The summed E-state index contributed by atoms with van der Waals surface area (Å²) in [6.07, 6.45) is 4.51. The van der Waals surface area contributed by atoms with Crippen LogP contribution in [0.25, 0.3) is 27.7 Å². The Morgan fingerprint density at radius 3 is 2.90 bits per heavy atom. The molecule has 0 aliphatic carbocycles. The van der Waals surface area contributed by atoms with Gasteiger partial charge in [-0.05, 0) is 54.8 Å². The molecule has 0 fully saturated rings. The van der Waals surface area contributed by atoms with Gasteiger partial charge in [0.15, 0.2) is 0 Å². The van der Waals surface area contributed by atoms with Crippen molar-refractivity contribution < 1.29 is 19.0 Å². The van der Waals surface area contributed by atoms with Gasteiger partial charge in [-0.25, -0.2) is 9.37 Å². The van der Waals surface area contributed by atoms with Gasteiger partial charge in [-0.3, -0.25) is 9.69 Å². The molecule has 150 valence electrons. The monoisotopic (exact) mass is 395 g/mol. The normalized spacial score (nSPS) is 17.3. The molecule has 3 aromatic rings. The quantitative estimate of drug-likeness (QED) is 0.684. The van der Waals surface area contributed by atoms with Gasteiger partial charge in [-0.2, -0.15) is 0 Å². The summed E-state index contributed by atoms with van der Waals surface area (Å²) in [6, 6.07) is 8.35. The van der Waals surface area contributed by atoms with Gasteiger partial charge in [0.2, 0.25) is 0 Å². The maximum absolute atomic E-state index is 13.9. The Balaban J connectivity index is 1.75. The number of carboxylic acid groups (broad SMARTS) is 1. The van der Waals surface area contributed by atoms with E-state index in [0.29, 0.717) is 23.5 Å². The smallest absolute Gasteiger partial charge is 0.317 e. The number of pyridine rings is 1. The third kappa shape index (κ3) is 3.73. The van der Waals surface area contributed by atoms with Crippen LogP contribution in [0.5, 0.6) is 5.75 Å². The molecular formula is C22H22FN3O3. The molecule has 0 saturated carbocycles. The van der Waals surface area contributed by atoms with Gasteiger partial charge in [0, 0.05) is 35.4 Å². The van der Waals surface area contributed by atoms with Crippen molar-refractivity contribution in [2.24, 2.45) is 0 Å². The van der Waals surface area contributed by atoms with Gasteiger partial charge in [-0.1, -0.05) is 6.08 Å². The molecule has 1 aliphatic rings. The Kier molecular flexibility index (Phi) is 5.07. The second kappa shape index (κ2) is 7.67. The molecule has 4 rings (SSSR count). The van der Waals surface area contributed by atoms with Crippen molar-refractivity contribution >= 4 is 22.6 Å². The average Bonchev–Trinajstić information content (AvgIpc) is 3.13. The van der Waals surface area contributed by atoms with E-state index in [2.05, 4.69) is 16.0 Å². The first-order valence-electron chi connectivity index (χ1n) is 9.45. The maximum Gasteiger partial charge on any atom is 0.317 e. The van der Waals surface area contributed by atoms with Gasteiger partial charge in [0.05, 0.1) is 13.7 Å². The van der Waals surface area contributed by atoms with Crippen LogP contribution in [0, 0.1) is 5.82 Å². The first kappa shape index (κ1) is 19.1. The Morgan fingerprint density at radius 1 is 1.34 bits per heavy atom. The number of hydrogen-bond donors (Lipinski definition) is 2. The van der Waals surface area contributed by atoms with Gasteiger partial charge >= 0.3 is 5.97 Å². The molecule has 0 radical (unpaired) electrons. The number of aliphatic carboxylic acids is 1. The summed E-state index contributed by atoms with van der Waals surface area (Å²) in [4.78, 5) is 20.7. The summed E-state index contributed by atoms with van der Waals surface area (Å²) in [7, 11) is 1.56. The molecule has 1 aliphatic heterocycles. The summed E-state index contributed by atoms with van der Waals surface area (Å²) < 4.78 is 19.3. The number of aromatic amines is 1. The molecule has 7 heteroatoms. The lowest BCUT2D eigenvalue weighted by Gasteiger charge is -2.30. The van der Waals surface area contributed by atoms with Crippen LogP contribution in [-0.4, -0.2) is 52.2 Å². The molecule has 29 heavy (non-hydrogen) atoms. The topological polar surface area (TPSA) is 78.5 Å². The van der Waals surface area contributed by atoms with Gasteiger partial charge in [0.25, 0.3) is 0 Å². The summed E-state index contributed by atoms with van der Waals surface area (Å²) >= 11 is 0. The fourth-order valence-corrected chi connectivity index (χ4v) is 3.89. The highest BCUT2D eigenvalue weighted by molar-refractivity contribution is 5.96. The number of methoxy groups -OCH3 is 1. The molecule has 0 amide bonds. The van der Waals surface area contributed by atoms with E-state index in [0.717, 1.165) is 28.6 Å². The van der Waals surface area contributed by atoms with E-state index in [1.807, 2.05) is 24.0 Å². The number of nitrogens with one attached hydrogen (secondary N) is 1. The number of hydrogen-bond acceptors (Lipinski definition) is 4. The molecule has 1 atom stereocenters. The van der Waals surface area contributed by atoms with Crippen LogP contribution in [0.3, 0.4) is 0 Å². The minimum absolute atomic E-state index is 0.0250. The number of aromatic nitrogens is 2. The number of rotatable bonds is 5. The standard InChI is InChI=1S/C22H22FN3O3/c1-13-9-14(6-8-26(13)12-21(27)28)19-11-18-16(5-7-24-22(18)25-19)17-10-15(23)3-4-20(17)29-2/h3-5,7,9-11,13H,6,8,12H2,1-2H3,(H,24,25)(H,27,28)/t13-/m0/s1. The van der Waals surface area contributed by atoms with Crippen molar-refractivity contribution in [1.29, 1.82) is 0 Å². The minimum Gasteiger partial charge on any atom is -0.496 e. The second-order valence-electron chi connectivity index (χ2n) is 7.20. The van der Waals surface area contributed by atoms with Gasteiger partial charge < -0.3 is 14.8 Å². The Labute approximate surface area is 167 Å². The van der Waals surface area contributed by atoms with Crippen LogP contribution in [0.4, 0.5) is 4.39 Å². The molecule has 0 bridgehead atoms. The van der Waals surface area contributed by atoms with Crippen LogP contribution in [0.1, 0.15) is 19.0 Å². The first-order valence-corrected chi connectivity index (χ1v) is 9.45. The zero-order chi connectivity index (χ0) is 20.5. The number of benzene rings is 1. The Bertz CT molecular complexity index is 1110. The zero-order valence-corrected chi connectivity index (χ0v) is 16.3. The van der Waals surface area contributed by atoms with Crippen molar-refractivity contribution in [3.63, 3.8) is 0 Å². The molecule has 6 nitrogen and oxygen atoms in total. The lowest BCUT2D eigenvalue weighted by molar-refractivity contribution is -0.138. The number of nitrogens with zero attached hydrogens (tertiary/aromatic N) is 2. The fraction of sp³-hybridized carbons (Fsp3) is 0.273. The summed E-state index contributed by atoms with van der Waals surface area (Å²) in [5, 5.41) is 9.93. The molecule has 0 saturated heterocycles. The lowest BCUT2D eigenvalue weighted by Crippen LogP contribution is -2.39. The molecule has 1 aromatic carbocycles. The summed E-state index contributed by atoms with van der Waals surface area (Å²) in [5.41, 5.74) is 4.28. The molecule has 0 spiro atoms. The molecular weight excluding hydrogens is 373 g/mol. The highest BCUT2D eigenvalue weighted by Gasteiger charge is 2.22. The molecule has 2 aromatic heterocycles. The van der Waals surface area contributed by atoms with Crippen LogP contribution < -0.4 is 4.74 Å². The number of carbonyl (C=O) groups is 1. The van der Waals surface area contributed by atoms with Crippen LogP contribution in [0.15, 0.2) is 42.6 Å². The van der Waals surface area contributed by atoms with E-state index in [9.17, 15) is 9.18 Å². The largest absolute Gasteiger partial charge is 0.496 e. The van der Waals surface area contributed by atoms with Crippen molar-refractivity contribution in [2.45, 2.75) is 19.4 Å².